The maximum atomic E-state index is 13.6. The minimum absolute atomic E-state index is 0.0238. The fourth-order valence-corrected chi connectivity index (χ4v) is 2.64. The average Bonchev–Trinajstić information content (AvgIpc) is 2.65. The molecule has 1 N–H and O–H groups in total. The number of nitrogens with one attached hydrogen (secondary N) is 1. The summed E-state index contributed by atoms with van der Waals surface area (Å²) in [4.78, 5) is 18.4. The molecule has 1 amide bonds. The summed E-state index contributed by atoms with van der Waals surface area (Å²) in [5, 5.41) is 2.70. The van der Waals surface area contributed by atoms with E-state index in [0.717, 1.165) is 12.2 Å². The topological polar surface area (TPSA) is 45.2 Å². The molecule has 132 valence electrons. The maximum Gasteiger partial charge on any atom is 0.230 e. The van der Waals surface area contributed by atoms with Crippen LogP contribution in [0.2, 0.25) is 0 Å². The van der Waals surface area contributed by atoms with Crippen LogP contribution in [0, 0.1) is 5.82 Å². The fourth-order valence-electron chi connectivity index (χ4n) is 2.64. The van der Waals surface area contributed by atoms with E-state index in [9.17, 15) is 9.18 Å². The zero-order valence-electron chi connectivity index (χ0n) is 14.5. The summed E-state index contributed by atoms with van der Waals surface area (Å²) in [7, 11) is 1.99. The van der Waals surface area contributed by atoms with Crippen molar-refractivity contribution >= 4 is 17.4 Å². The van der Waals surface area contributed by atoms with Crippen molar-refractivity contribution in [2.24, 2.45) is 0 Å². The number of aromatic nitrogens is 1. The van der Waals surface area contributed by atoms with Crippen molar-refractivity contribution in [2.75, 3.05) is 17.3 Å². The van der Waals surface area contributed by atoms with Crippen LogP contribution in [0.5, 0.6) is 0 Å². The van der Waals surface area contributed by atoms with E-state index in [2.05, 4.69) is 27.3 Å². The molecular weight excluding hydrogens is 329 g/mol. The van der Waals surface area contributed by atoms with Gasteiger partial charge in [0, 0.05) is 13.6 Å². The van der Waals surface area contributed by atoms with E-state index in [1.54, 1.807) is 30.5 Å². The third-order valence-electron chi connectivity index (χ3n) is 4.03. The fraction of sp³-hybridized carbons (Fsp3) is 0.143. The zero-order valence-corrected chi connectivity index (χ0v) is 14.5. The van der Waals surface area contributed by atoms with E-state index >= 15 is 0 Å². The molecule has 0 radical (unpaired) electrons. The van der Waals surface area contributed by atoms with Gasteiger partial charge in [0.1, 0.15) is 11.6 Å². The molecule has 5 heteroatoms. The van der Waals surface area contributed by atoms with Crippen LogP contribution in [0.25, 0.3) is 0 Å². The SMILES string of the molecule is CN(Cc1ccccc1)c1ccc(NC(=O)Cc2ccccc2F)nc1. The molecule has 0 bridgehead atoms. The second-order valence-electron chi connectivity index (χ2n) is 6.06. The van der Waals surface area contributed by atoms with Gasteiger partial charge in [-0.3, -0.25) is 4.79 Å². The lowest BCUT2D eigenvalue weighted by molar-refractivity contribution is -0.115. The normalized spacial score (nSPS) is 10.4. The van der Waals surface area contributed by atoms with Crippen molar-refractivity contribution in [2.45, 2.75) is 13.0 Å². The average molecular weight is 349 g/mol. The second kappa shape index (κ2) is 8.25. The van der Waals surface area contributed by atoms with E-state index in [4.69, 9.17) is 0 Å². The predicted octanol–water partition coefficient (Wildman–Crippen LogP) is 4.04. The summed E-state index contributed by atoms with van der Waals surface area (Å²) >= 11 is 0. The van der Waals surface area contributed by atoms with Gasteiger partial charge in [-0.2, -0.15) is 0 Å². The van der Waals surface area contributed by atoms with Gasteiger partial charge >= 0.3 is 0 Å². The molecule has 0 saturated heterocycles. The quantitative estimate of drug-likeness (QED) is 0.730. The monoisotopic (exact) mass is 349 g/mol. The van der Waals surface area contributed by atoms with Crippen molar-refractivity contribution < 1.29 is 9.18 Å². The lowest BCUT2D eigenvalue weighted by Gasteiger charge is -2.19. The van der Waals surface area contributed by atoms with Gasteiger partial charge in [0.15, 0.2) is 0 Å². The molecule has 1 heterocycles. The Balaban J connectivity index is 1.59. The Morgan fingerprint density at radius 3 is 2.46 bits per heavy atom. The van der Waals surface area contributed by atoms with Crippen LogP contribution in [-0.4, -0.2) is 17.9 Å². The first-order valence-electron chi connectivity index (χ1n) is 8.36. The highest BCUT2D eigenvalue weighted by Gasteiger charge is 2.09. The number of halogens is 1. The van der Waals surface area contributed by atoms with Crippen LogP contribution in [-0.2, 0) is 17.8 Å². The van der Waals surface area contributed by atoms with Gasteiger partial charge in [0.05, 0.1) is 18.3 Å². The van der Waals surface area contributed by atoms with E-state index < -0.39 is 0 Å². The number of hydrogen-bond acceptors (Lipinski definition) is 3. The first kappa shape index (κ1) is 17.6. The van der Waals surface area contributed by atoms with Crippen molar-refractivity contribution in [3.8, 4) is 0 Å². The number of nitrogens with zero attached hydrogens (tertiary/aromatic N) is 2. The Kier molecular flexibility index (Phi) is 5.59. The van der Waals surface area contributed by atoms with E-state index in [1.165, 1.54) is 11.6 Å². The van der Waals surface area contributed by atoms with Gasteiger partial charge in [-0.25, -0.2) is 9.37 Å². The highest BCUT2D eigenvalue weighted by Crippen LogP contribution is 2.17. The Labute approximate surface area is 152 Å². The minimum atomic E-state index is -0.381. The Morgan fingerprint density at radius 1 is 1.04 bits per heavy atom. The molecule has 3 rings (SSSR count). The molecule has 26 heavy (non-hydrogen) atoms. The largest absolute Gasteiger partial charge is 0.369 e. The lowest BCUT2D eigenvalue weighted by Crippen LogP contribution is -2.18. The number of benzene rings is 2. The van der Waals surface area contributed by atoms with Gasteiger partial charge in [0.25, 0.3) is 0 Å². The van der Waals surface area contributed by atoms with Crippen LogP contribution in [0.4, 0.5) is 15.9 Å². The number of carbonyl (C=O) groups is 1. The number of pyridine rings is 1. The molecule has 4 nitrogen and oxygen atoms in total. The predicted molar refractivity (Wildman–Crippen MR) is 102 cm³/mol. The number of anilines is 2. The standard InChI is InChI=1S/C21H20FN3O/c1-25(15-16-7-3-2-4-8-16)18-11-12-20(23-14-18)24-21(26)13-17-9-5-6-10-19(17)22/h2-12,14H,13,15H2,1H3,(H,23,24,26). The first-order chi connectivity index (χ1) is 12.6. The van der Waals surface area contributed by atoms with Crippen LogP contribution < -0.4 is 10.2 Å². The van der Waals surface area contributed by atoms with E-state index in [1.807, 2.05) is 31.3 Å². The highest BCUT2D eigenvalue weighted by atomic mass is 19.1. The van der Waals surface area contributed by atoms with Gasteiger partial charge in [0.2, 0.25) is 5.91 Å². The van der Waals surface area contributed by atoms with E-state index in [0.29, 0.717) is 11.4 Å². The molecule has 0 fully saturated rings. The summed E-state index contributed by atoms with van der Waals surface area (Å²) < 4.78 is 13.6. The minimum Gasteiger partial charge on any atom is -0.369 e. The van der Waals surface area contributed by atoms with Gasteiger partial charge in [-0.15, -0.1) is 0 Å². The summed E-state index contributed by atoms with van der Waals surface area (Å²) in [6, 6.07) is 20.1. The first-order valence-corrected chi connectivity index (χ1v) is 8.36. The van der Waals surface area contributed by atoms with Crippen molar-refractivity contribution in [1.82, 2.24) is 4.98 Å². The molecule has 2 aromatic carbocycles. The smallest absolute Gasteiger partial charge is 0.230 e. The molecule has 0 spiro atoms. The Hall–Kier alpha value is -3.21. The molecule has 0 aliphatic rings. The van der Waals surface area contributed by atoms with Crippen molar-refractivity contribution in [3.05, 3.63) is 89.9 Å². The summed E-state index contributed by atoms with van der Waals surface area (Å²) in [5.41, 5.74) is 2.52. The van der Waals surface area contributed by atoms with Gasteiger partial charge in [-0.1, -0.05) is 48.5 Å². The Morgan fingerprint density at radius 2 is 1.77 bits per heavy atom. The third kappa shape index (κ3) is 4.66. The number of amides is 1. The van der Waals surface area contributed by atoms with E-state index in [-0.39, 0.29) is 18.1 Å². The molecule has 0 atom stereocenters. The molecule has 0 aliphatic carbocycles. The van der Waals surface area contributed by atoms with Gasteiger partial charge < -0.3 is 10.2 Å². The molecule has 0 saturated carbocycles. The Bertz CT molecular complexity index is 866. The van der Waals surface area contributed by atoms with Crippen LogP contribution in [0.3, 0.4) is 0 Å². The third-order valence-corrected chi connectivity index (χ3v) is 4.03. The highest BCUT2D eigenvalue weighted by molar-refractivity contribution is 5.91. The molecule has 3 aromatic rings. The van der Waals surface area contributed by atoms with Crippen LogP contribution >= 0.6 is 0 Å². The second-order valence-corrected chi connectivity index (χ2v) is 6.06. The van der Waals surface area contributed by atoms with Crippen molar-refractivity contribution in [1.29, 1.82) is 0 Å². The van der Waals surface area contributed by atoms with Crippen LogP contribution in [0.1, 0.15) is 11.1 Å². The van der Waals surface area contributed by atoms with Gasteiger partial charge in [-0.05, 0) is 29.3 Å². The number of carbonyl (C=O) groups excluding carboxylic acids is 1. The number of hydrogen-bond donors (Lipinski definition) is 1. The maximum absolute atomic E-state index is 13.6. The summed E-state index contributed by atoms with van der Waals surface area (Å²) in [6.07, 6.45) is 1.69. The summed E-state index contributed by atoms with van der Waals surface area (Å²) in [6.45, 7) is 0.765. The number of rotatable bonds is 6. The molecule has 0 aliphatic heterocycles. The molecule has 0 unspecified atom stereocenters. The molecular formula is C21H20FN3O. The molecule has 1 aromatic heterocycles. The van der Waals surface area contributed by atoms with Crippen LogP contribution in [0.15, 0.2) is 72.9 Å². The summed E-state index contributed by atoms with van der Waals surface area (Å²) in [5.74, 6) is -0.232. The van der Waals surface area contributed by atoms with Crippen molar-refractivity contribution in [3.63, 3.8) is 0 Å². The zero-order chi connectivity index (χ0) is 18.4. The lowest BCUT2D eigenvalue weighted by atomic mass is 10.1.